The minimum absolute atomic E-state index is 0.121. The summed E-state index contributed by atoms with van der Waals surface area (Å²) in [6.45, 7) is 0.627. The van der Waals surface area contributed by atoms with Gasteiger partial charge in [0.1, 0.15) is 0 Å². The number of hydrogen-bond donors (Lipinski definition) is 1. The van der Waals surface area contributed by atoms with Crippen molar-refractivity contribution in [2.24, 2.45) is 10.6 Å². The molecule has 5 heteroatoms. The van der Waals surface area contributed by atoms with Gasteiger partial charge < -0.3 is 4.74 Å². The Hall–Kier alpha value is -1.95. The molecule has 0 saturated heterocycles. The summed E-state index contributed by atoms with van der Waals surface area (Å²) >= 11 is 0. The summed E-state index contributed by atoms with van der Waals surface area (Å²) in [5.41, 5.74) is 7.65. The van der Waals surface area contributed by atoms with Crippen LogP contribution in [0.15, 0.2) is 48.5 Å². The third-order valence-electron chi connectivity index (χ3n) is 5.71. The molecule has 0 amide bonds. The molecule has 4 nitrogen and oxygen atoms in total. The Kier molecular flexibility index (Phi) is 4.70. The number of hydrogen-bond acceptors (Lipinski definition) is 3. The van der Waals surface area contributed by atoms with Gasteiger partial charge in [-0.05, 0) is 64.5 Å². The predicted molar refractivity (Wildman–Crippen MR) is 108 cm³/mol. The Morgan fingerprint density at radius 1 is 0.889 bits per heavy atom. The van der Waals surface area contributed by atoms with E-state index in [1.54, 1.807) is 7.11 Å². The molecule has 1 spiro atoms. The van der Waals surface area contributed by atoms with Crippen LogP contribution in [0, 0.1) is 5.41 Å². The standard InChI is InChI=1S/C22H25NO3S/c1-26-14-16-2-6-18(7-3-16)20-12-22(10-11-22)13-21(20)19-8-4-17(5-9-19)15-27(23,24)25/h2-9H,10-15H2,1H3,(H2,23,24,25). The van der Waals surface area contributed by atoms with Gasteiger partial charge in [0.05, 0.1) is 12.4 Å². The smallest absolute Gasteiger partial charge is 0.213 e. The SMILES string of the molecule is COCc1ccc(C2=C(c3ccc(CS(N)(=O)=O)cc3)CC3(CC3)C2)cc1. The van der Waals surface area contributed by atoms with E-state index in [4.69, 9.17) is 9.88 Å². The van der Waals surface area contributed by atoms with Crippen molar-refractivity contribution in [3.8, 4) is 0 Å². The van der Waals surface area contributed by atoms with Crippen LogP contribution in [0.25, 0.3) is 11.1 Å². The molecule has 0 unspecified atom stereocenters. The van der Waals surface area contributed by atoms with Crippen molar-refractivity contribution >= 4 is 21.2 Å². The molecule has 142 valence electrons. The van der Waals surface area contributed by atoms with E-state index >= 15 is 0 Å². The van der Waals surface area contributed by atoms with E-state index in [0.717, 1.165) is 18.4 Å². The van der Waals surface area contributed by atoms with Crippen LogP contribution in [-0.2, 0) is 27.1 Å². The first-order chi connectivity index (χ1) is 12.9. The average molecular weight is 384 g/mol. The van der Waals surface area contributed by atoms with E-state index in [-0.39, 0.29) is 5.75 Å². The fraction of sp³-hybridized carbons (Fsp3) is 0.364. The molecule has 27 heavy (non-hydrogen) atoms. The zero-order valence-electron chi connectivity index (χ0n) is 15.6. The van der Waals surface area contributed by atoms with E-state index in [1.165, 1.54) is 40.7 Å². The molecule has 0 radical (unpaired) electrons. The van der Waals surface area contributed by atoms with Crippen molar-refractivity contribution in [1.82, 2.24) is 0 Å². The van der Waals surface area contributed by atoms with Gasteiger partial charge in [-0.15, -0.1) is 0 Å². The van der Waals surface area contributed by atoms with Gasteiger partial charge in [-0.3, -0.25) is 0 Å². The molecule has 0 aliphatic heterocycles. The highest BCUT2D eigenvalue weighted by Gasteiger charge is 2.48. The van der Waals surface area contributed by atoms with Crippen molar-refractivity contribution in [2.75, 3.05) is 7.11 Å². The third-order valence-corrected chi connectivity index (χ3v) is 6.44. The van der Waals surface area contributed by atoms with Crippen molar-refractivity contribution in [3.63, 3.8) is 0 Å². The van der Waals surface area contributed by atoms with Gasteiger partial charge in [-0.2, -0.15) is 0 Å². The summed E-state index contributed by atoms with van der Waals surface area (Å²) < 4.78 is 27.8. The molecule has 2 N–H and O–H groups in total. The van der Waals surface area contributed by atoms with Gasteiger partial charge in [-0.25, -0.2) is 13.6 Å². The van der Waals surface area contributed by atoms with E-state index in [9.17, 15) is 8.42 Å². The summed E-state index contributed by atoms with van der Waals surface area (Å²) in [6, 6.07) is 16.5. The van der Waals surface area contributed by atoms with Crippen LogP contribution in [-0.4, -0.2) is 15.5 Å². The Balaban J connectivity index is 1.66. The van der Waals surface area contributed by atoms with Crippen LogP contribution in [0.2, 0.25) is 0 Å². The average Bonchev–Trinajstić information content (AvgIpc) is 3.26. The van der Waals surface area contributed by atoms with Gasteiger partial charge >= 0.3 is 0 Å². The summed E-state index contributed by atoms with van der Waals surface area (Å²) in [6.07, 6.45) is 4.83. The molecule has 4 rings (SSSR count). The van der Waals surface area contributed by atoms with Gasteiger partial charge in [0.15, 0.2) is 0 Å². The Morgan fingerprint density at radius 2 is 1.37 bits per heavy atom. The molecule has 0 heterocycles. The molecule has 0 bridgehead atoms. The summed E-state index contributed by atoms with van der Waals surface area (Å²) in [7, 11) is -1.79. The molecule has 0 aromatic heterocycles. The minimum Gasteiger partial charge on any atom is -0.380 e. The first-order valence-corrected chi connectivity index (χ1v) is 11.0. The van der Waals surface area contributed by atoms with Crippen LogP contribution < -0.4 is 5.14 Å². The number of benzene rings is 2. The van der Waals surface area contributed by atoms with Gasteiger partial charge in [0.2, 0.25) is 10.0 Å². The molecule has 0 atom stereocenters. The monoisotopic (exact) mass is 383 g/mol. The highest BCUT2D eigenvalue weighted by atomic mass is 32.2. The number of nitrogens with two attached hydrogens (primary N) is 1. The first kappa shape index (κ1) is 18.4. The van der Waals surface area contributed by atoms with Crippen LogP contribution in [0.5, 0.6) is 0 Å². The quantitative estimate of drug-likeness (QED) is 0.816. The Labute approximate surface area is 161 Å². The highest BCUT2D eigenvalue weighted by Crippen LogP contribution is 2.63. The zero-order valence-corrected chi connectivity index (χ0v) is 16.4. The van der Waals surface area contributed by atoms with E-state index in [2.05, 4.69) is 24.3 Å². The molecular formula is C22H25NO3S. The second-order valence-electron chi connectivity index (χ2n) is 7.94. The highest BCUT2D eigenvalue weighted by molar-refractivity contribution is 7.88. The lowest BCUT2D eigenvalue weighted by atomic mass is 9.96. The lowest BCUT2D eigenvalue weighted by molar-refractivity contribution is 0.185. The number of allylic oxidation sites excluding steroid dienone is 2. The molecule has 1 saturated carbocycles. The summed E-state index contributed by atoms with van der Waals surface area (Å²) in [4.78, 5) is 0. The van der Waals surface area contributed by atoms with Gasteiger partial charge in [0, 0.05) is 7.11 Å². The zero-order chi connectivity index (χ0) is 19.1. The van der Waals surface area contributed by atoms with Crippen molar-refractivity contribution in [2.45, 2.75) is 38.0 Å². The van der Waals surface area contributed by atoms with Crippen molar-refractivity contribution in [1.29, 1.82) is 0 Å². The fourth-order valence-electron chi connectivity index (χ4n) is 4.11. The Morgan fingerprint density at radius 3 is 1.78 bits per heavy atom. The van der Waals surface area contributed by atoms with Gasteiger partial charge in [-0.1, -0.05) is 48.5 Å². The van der Waals surface area contributed by atoms with Crippen molar-refractivity contribution < 1.29 is 13.2 Å². The maximum atomic E-state index is 11.3. The maximum absolute atomic E-state index is 11.3. The van der Waals surface area contributed by atoms with Crippen LogP contribution in [0.1, 0.15) is 47.9 Å². The third kappa shape index (κ3) is 4.15. The lowest BCUT2D eigenvalue weighted by Gasteiger charge is -2.10. The van der Waals surface area contributed by atoms with Crippen LogP contribution >= 0.6 is 0 Å². The molecule has 2 aromatic carbocycles. The number of sulfonamides is 1. The normalized spacial score (nSPS) is 18.3. The first-order valence-electron chi connectivity index (χ1n) is 9.28. The van der Waals surface area contributed by atoms with Crippen LogP contribution in [0.3, 0.4) is 0 Å². The predicted octanol–water partition coefficient (Wildman–Crippen LogP) is 4.11. The maximum Gasteiger partial charge on any atom is 0.213 e. The number of ether oxygens (including phenoxy) is 1. The van der Waals surface area contributed by atoms with E-state index in [0.29, 0.717) is 12.0 Å². The minimum atomic E-state index is -3.50. The summed E-state index contributed by atoms with van der Waals surface area (Å²) in [5.74, 6) is -0.121. The second-order valence-corrected chi connectivity index (χ2v) is 9.56. The summed E-state index contributed by atoms with van der Waals surface area (Å²) in [5, 5.41) is 5.16. The topological polar surface area (TPSA) is 69.4 Å². The number of methoxy groups -OCH3 is 1. The number of primary sulfonamides is 1. The molecule has 2 aliphatic carbocycles. The molecular weight excluding hydrogens is 358 g/mol. The van der Waals surface area contributed by atoms with E-state index < -0.39 is 10.0 Å². The molecule has 1 fully saturated rings. The Bertz CT molecular complexity index is 969. The van der Waals surface area contributed by atoms with Gasteiger partial charge in [0.25, 0.3) is 0 Å². The molecule has 2 aliphatic rings. The van der Waals surface area contributed by atoms with Crippen molar-refractivity contribution in [3.05, 3.63) is 70.8 Å². The largest absolute Gasteiger partial charge is 0.380 e. The lowest BCUT2D eigenvalue weighted by Crippen LogP contribution is -2.14. The second kappa shape index (κ2) is 6.89. The fourth-order valence-corrected chi connectivity index (χ4v) is 4.77. The van der Waals surface area contributed by atoms with E-state index in [1.807, 2.05) is 24.3 Å². The molecule has 2 aromatic rings. The van der Waals surface area contributed by atoms with Crippen LogP contribution in [0.4, 0.5) is 0 Å². The number of rotatable bonds is 6.